The molecule has 9 heteroatoms. The first-order valence-corrected chi connectivity index (χ1v) is 6.51. The molecule has 1 unspecified atom stereocenters. The molecule has 2 aromatic heterocycles. The number of nitrogens with zero attached hydrogens (tertiary/aromatic N) is 3. The summed E-state index contributed by atoms with van der Waals surface area (Å²) in [6.07, 6.45) is 1.88. The highest BCUT2D eigenvalue weighted by molar-refractivity contribution is 5.85. The van der Waals surface area contributed by atoms with E-state index in [1.807, 2.05) is 35.7 Å². The Hall–Kier alpha value is -1.41. The van der Waals surface area contributed by atoms with Gasteiger partial charge in [-0.05, 0) is 19.1 Å². The fourth-order valence-corrected chi connectivity index (χ4v) is 1.89. The number of hydrogen-bond acceptors (Lipinski definition) is 5. The molecule has 2 rings (SSSR count). The fourth-order valence-electron chi connectivity index (χ4n) is 1.89. The van der Waals surface area contributed by atoms with Crippen molar-refractivity contribution < 1.29 is 9.53 Å². The molecule has 0 saturated heterocycles. The summed E-state index contributed by atoms with van der Waals surface area (Å²) < 4.78 is 6.76. The van der Waals surface area contributed by atoms with Crippen LogP contribution in [0.5, 0.6) is 0 Å². The molecule has 2 aromatic rings. The highest BCUT2D eigenvalue weighted by Gasteiger charge is 2.15. The van der Waals surface area contributed by atoms with Gasteiger partial charge in [0.2, 0.25) is 5.91 Å². The van der Waals surface area contributed by atoms with Crippen LogP contribution in [-0.4, -0.2) is 47.3 Å². The van der Waals surface area contributed by atoms with Crippen molar-refractivity contribution in [1.29, 1.82) is 0 Å². The predicted octanol–water partition coefficient (Wildman–Crippen LogP) is 0.986. The maximum absolute atomic E-state index is 11.8. The van der Waals surface area contributed by atoms with Crippen molar-refractivity contribution in [3.63, 3.8) is 0 Å². The maximum atomic E-state index is 11.8. The van der Waals surface area contributed by atoms with E-state index >= 15 is 0 Å². The van der Waals surface area contributed by atoms with E-state index < -0.39 is 0 Å². The smallest absolute Gasteiger partial charge is 0.234 e. The van der Waals surface area contributed by atoms with Crippen molar-refractivity contribution >= 4 is 36.4 Å². The van der Waals surface area contributed by atoms with E-state index in [1.54, 1.807) is 7.11 Å². The summed E-state index contributed by atoms with van der Waals surface area (Å²) in [6, 6.07) is 5.47. The quantitative estimate of drug-likeness (QED) is 0.728. The molecular weight excluding hydrogens is 329 g/mol. The summed E-state index contributed by atoms with van der Waals surface area (Å²) in [4.78, 5) is 11.8. The van der Waals surface area contributed by atoms with Gasteiger partial charge in [-0.25, -0.2) is 0 Å². The average Bonchev–Trinajstić information content (AvgIpc) is 2.87. The van der Waals surface area contributed by atoms with Crippen molar-refractivity contribution in [2.75, 3.05) is 26.8 Å². The number of pyridine rings is 1. The van der Waals surface area contributed by atoms with Gasteiger partial charge in [0.15, 0.2) is 11.5 Å². The molecule has 2 N–H and O–H groups in total. The highest BCUT2D eigenvalue weighted by atomic mass is 35.5. The van der Waals surface area contributed by atoms with Crippen LogP contribution >= 0.6 is 24.8 Å². The number of methoxy groups -OCH3 is 1. The van der Waals surface area contributed by atoms with Gasteiger partial charge in [0.25, 0.3) is 0 Å². The first kappa shape index (κ1) is 20.6. The van der Waals surface area contributed by atoms with Crippen LogP contribution in [-0.2, 0) is 9.53 Å². The lowest BCUT2D eigenvalue weighted by atomic mass is 10.3. The Balaban J connectivity index is 0.00000220. The molecule has 7 nitrogen and oxygen atoms in total. The van der Waals surface area contributed by atoms with E-state index in [-0.39, 0.29) is 43.3 Å². The number of nitrogens with one attached hydrogen (secondary N) is 2. The van der Waals surface area contributed by atoms with Gasteiger partial charge in [-0.3, -0.25) is 9.20 Å². The predicted molar refractivity (Wildman–Crippen MR) is 88.8 cm³/mol. The summed E-state index contributed by atoms with van der Waals surface area (Å²) >= 11 is 0. The standard InChI is InChI=1S/C13H19N5O2.2ClH/c1-10(15-12(19)9-14-6-8-20-2)13-17-16-11-5-3-4-7-18(11)13;;/h3-5,7,10,14H,6,8-9H2,1-2H3,(H,15,19);2*1H. The van der Waals surface area contributed by atoms with E-state index in [0.29, 0.717) is 19.0 Å². The summed E-state index contributed by atoms with van der Waals surface area (Å²) in [6.45, 7) is 3.37. The normalized spacial score (nSPS) is 11.4. The summed E-state index contributed by atoms with van der Waals surface area (Å²) in [5.74, 6) is 0.632. The summed E-state index contributed by atoms with van der Waals surface area (Å²) in [5.41, 5.74) is 0.766. The number of amides is 1. The molecule has 0 aliphatic carbocycles. The van der Waals surface area contributed by atoms with Crippen molar-refractivity contribution in [2.45, 2.75) is 13.0 Å². The average molecular weight is 350 g/mol. The van der Waals surface area contributed by atoms with Crippen LogP contribution in [0.3, 0.4) is 0 Å². The zero-order valence-electron chi connectivity index (χ0n) is 12.5. The summed E-state index contributed by atoms with van der Waals surface area (Å²) in [7, 11) is 1.63. The van der Waals surface area contributed by atoms with Crippen LogP contribution in [0.15, 0.2) is 24.4 Å². The van der Waals surface area contributed by atoms with Gasteiger partial charge in [-0.2, -0.15) is 0 Å². The first-order chi connectivity index (χ1) is 9.72. The number of carbonyl (C=O) groups excluding carboxylic acids is 1. The second kappa shape index (κ2) is 10.3. The Kier molecular flexibility index (Phi) is 9.68. The Morgan fingerprint density at radius 3 is 2.86 bits per heavy atom. The minimum atomic E-state index is -0.205. The first-order valence-electron chi connectivity index (χ1n) is 6.51. The van der Waals surface area contributed by atoms with E-state index in [0.717, 1.165) is 5.65 Å². The Labute approximate surface area is 141 Å². The third-order valence-electron chi connectivity index (χ3n) is 2.87. The van der Waals surface area contributed by atoms with E-state index in [4.69, 9.17) is 4.74 Å². The molecule has 0 aliphatic rings. The van der Waals surface area contributed by atoms with Crippen LogP contribution in [0.2, 0.25) is 0 Å². The number of aromatic nitrogens is 3. The van der Waals surface area contributed by atoms with Crippen molar-refractivity contribution in [3.05, 3.63) is 30.2 Å². The van der Waals surface area contributed by atoms with Crippen molar-refractivity contribution in [3.8, 4) is 0 Å². The van der Waals surface area contributed by atoms with Gasteiger partial charge < -0.3 is 15.4 Å². The number of halogens is 2. The van der Waals surface area contributed by atoms with E-state index in [9.17, 15) is 4.79 Å². The molecule has 1 amide bonds. The lowest BCUT2D eigenvalue weighted by molar-refractivity contribution is -0.120. The molecule has 0 saturated carbocycles. The third-order valence-corrected chi connectivity index (χ3v) is 2.87. The minimum absolute atomic E-state index is 0. The molecule has 0 fully saturated rings. The van der Waals surface area contributed by atoms with Gasteiger partial charge in [0.05, 0.1) is 19.2 Å². The van der Waals surface area contributed by atoms with Gasteiger partial charge in [-0.1, -0.05) is 6.07 Å². The largest absolute Gasteiger partial charge is 0.383 e. The Bertz CT molecular complexity index is 578. The highest BCUT2D eigenvalue weighted by Crippen LogP contribution is 2.11. The topological polar surface area (TPSA) is 80.5 Å². The number of carbonyl (C=O) groups is 1. The van der Waals surface area contributed by atoms with Gasteiger partial charge >= 0.3 is 0 Å². The molecular formula is C13H21Cl2N5O2. The molecule has 0 aliphatic heterocycles. The molecule has 0 aromatic carbocycles. The molecule has 0 spiro atoms. The van der Waals surface area contributed by atoms with Gasteiger partial charge in [0.1, 0.15) is 0 Å². The number of rotatable bonds is 7. The van der Waals surface area contributed by atoms with Crippen LogP contribution in [0, 0.1) is 0 Å². The van der Waals surface area contributed by atoms with Crippen molar-refractivity contribution in [1.82, 2.24) is 25.2 Å². The number of ether oxygens (including phenoxy) is 1. The van der Waals surface area contributed by atoms with Gasteiger partial charge in [-0.15, -0.1) is 35.0 Å². The Morgan fingerprint density at radius 2 is 2.14 bits per heavy atom. The molecule has 0 radical (unpaired) electrons. The second-order valence-corrected chi connectivity index (χ2v) is 4.45. The van der Waals surface area contributed by atoms with E-state index in [1.165, 1.54) is 0 Å². The second-order valence-electron chi connectivity index (χ2n) is 4.45. The van der Waals surface area contributed by atoms with Gasteiger partial charge in [0, 0.05) is 19.9 Å². The molecule has 1 atom stereocenters. The molecule has 124 valence electrons. The maximum Gasteiger partial charge on any atom is 0.234 e. The SMILES string of the molecule is COCCNCC(=O)NC(C)c1nnc2ccccn12.Cl.Cl. The summed E-state index contributed by atoms with van der Waals surface area (Å²) in [5, 5.41) is 14.1. The zero-order valence-corrected chi connectivity index (χ0v) is 14.1. The monoisotopic (exact) mass is 349 g/mol. The Morgan fingerprint density at radius 1 is 1.36 bits per heavy atom. The van der Waals surface area contributed by atoms with Crippen LogP contribution < -0.4 is 10.6 Å². The van der Waals surface area contributed by atoms with Crippen LogP contribution in [0.1, 0.15) is 18.8 Å². The molecule has 2 heterocycles. The number of fused-ring (bicyclic) bond motifs is 1. The molecule has 22 heavy (non-hydrogen) atoms. The molecule has 0 bridgehead atoms. The fraction of sp³-hybridized carbons (Fsp3) is 0.462. The lowest BCUT2D eigenvalue weighted by Crippen LogP contribution is -2.37. The van der Waals surface area contributed by atoms with Crippen LogP contribution in [0.4, 0.5) is 0 Å². The van der Waals surface area contributed by atoms with E-state index in [2.05, 4.69) is 20.8 Å². The minimum Gasteiger partial charge on any atom is -0.383 e. The van der Waals surface area contributed by atoms with Crippen molar-refractivity contribution in [2.24, 2.45) is 0 Å². The zero-order chi connectivity index (χ0) is 14.4. The lowest BCUT2D eigenvalue weighted by Gasteiger charge is -2.12. The third kappa shape index (κ3) is 5.42. The number of hydrogen-bond donors (Lipinski definition) is 2. The van der Waals surface area contributed by atoms with Crippen LogP contribution in [0.25, 0.3) is 5.65 Å².